The van der Waals surface area contributed by atoms with E-state index in [0.717, 1.165) is 11.4 Å². The lowest BCUT2D eigenvalue weighted by Gasteiger charge is -2.09. The van der Waals surface area contributed by atoms with Crippen molar-refractivity contribution >= 4 is 23.1 Å². The van der Waals surface area contributed by atoms with Crippen LogP contribution in [0.4, 0.5) is 15.8 Å². The average Bonchev–Trinajstić information content (AvgIpc) is 2.72. The third kappa shape index (κ3) is 5.41. The number of esters is 1. The van der Waals surface area contributed by atoms with Crippen molar-refractivity contribution in [2.45, 2.75) is 0 Å². The van der Waals surface area contributed by atoms with Gasteiger partial charge >= 0.3 is 5.97 Å². The van der Waals surface area contributed by atoms with E-state index in [1.54, 1.807) is 12.1 Å². The molecule has 0 radical (unpaired) electrons. The first-order chi connectivity index (χ1) is 13.6. The molecule has 28 heavy (non-hydrogen) atoms. The summed E-state index contributed by atoms with van der Waals surface area (Å²) in [5.41, 5.74) is 1.72. The largest absolute Gasteiger partial charge is 0.482 e. The number of benzene rings is 3. The lowest BCUT2D eigenvalue weighted by Crippen LogP contribution is -2.20. The van der Waals surface area contributed by atoms with Crippen LogP contribution in [0, 0.1) is 5.82 Å². The molecule has 0 aliphatic heterocycles. The zero-order valence-corrected chi connectivity index (χ0v) is 14.9. The molecular weight excluding hydrogens is 361 g/mol. The molecule has 0 atom stereocenters. The summed E-state index contributed by atoms with van der Waals surface area (Å²) in [5.74, 6) is -1.49. The fraction of sp³-hybridized carbons (Fsp3) is 0.0909. The van der Waals surface area contributed by atoms with Crippen LogP contribution in [0.2, 0.25) is 0 Å². The number of rotatable bonds is 8. The van der Waals surface area contributed by atoms with Gasteiger partial charge in [0.15, 0.2) is 13.2 Å². The quantitative estimate of drug-likeness (QED) is 0.465. The summed E-state index contributed by atoms with van der Waals surface area (Å²) in [7, 11) is 0. The summed E-state index contributed by atoms with van der Waals surface area (Å²) in [6, 6.07) is 22.3. The van der Waals surface area contributed by atoms with E-state index in [0.29, 0.717) is 5.75 Å². The average molecular weight is 379 g/mol. The highest BCUT2D eigenvalue weighted by molar-refractivity contribution is 5.98. The third-order valence-electron chi connectivity index (χ3n) is 3.81. The van der Waals surface area contributed by atoms with Crippen molar-refractivity contribution in [3.8, 4) is 5.75 Å². The van der Waals surface area contributed by atoms with Crippen molar-refractivity contribution < 1.29 is 23.5 Å². The predicted molar refractivity (Wildman–Crippen MR) is 103 cm³/mol. The SMILES string of the molecule is O=C(COc1ccc(Nc2ccccc2)cc1)OCC(=O)c1ccccc1F. The van der Waals surface area contributed by atoms with Crippen LogP contribution >= 0.6 is 0 Å². The summed E-state index contributed by atoms with van der Waals surface area (Å²) in [5, 5.41) is 3.23. The number of hydrogen-bond acceptors (Lipinski definition) is 5. The highest BCUT2D eigenvalue weighted by Crippen LogP contribution is 2.19. The van der Waals surface area contributed by atoms with E-state index in [-0.39, 0.29) is 12.2 Å². The van der Waals surface area contributed by atoms with Gasteiger partial charge in [0.1, 0.15) is 11.6 Å². The minimum atomic E-state index is -0.712. The van der Waals surface area contributed by atoms with Crippen molar-refractivity contribution in [3.05, 3.63) is 90.2 Å². The Morgan fingerprint density at radius 2 is 1.43 bits per heavy atom. The Morgan fingerprint density at radius 1 is 0.786 bits per heavy atom. The van der Waals surface area contributed by atoms with Gasteiger partial charge in [-0.25, -0.2) is 9.18 Å². The normalized spacial score (nSPS) is 10.2. The number of halogens is 1. The van der Waals surface area contributed by atoms with Crippen molar-refractivity contribution in [2.75, 3.05) is 18.5 Å². The molecule has 3 aromatic carbocycles. The molecule has 3 aromatic rings. The summed E-state index contributed by atoms with van der Waals surface area (Å²) in [6.45, 7) is -0.890. The second-order valence-electron chi connectivity index (χ2n) is 5.87. The highest BCUT2D eigenvalue weighted by Gasteiger charge is 2.14. The maximum Gasteiger partial charge on any atom is 0.344 e. The minimum absolute atomic E-state index is 0.113. The number of anilines is 2. The Morgan fingerprint density at radius 3 is 2.14 bits per heavy atom. The number of carbonyl (C=O) groups excluding carboxylic acids is 2. The van der Waals surface area contributed by atoms with Gasteiger partial charge in [0.2, 0.25) is 5.78 Å². The first kappa shape index (κ1) is 19.1. The fourth-order valence-electron chi connectivity index (χ4n) is 2.42. The maximum atomic E-state index is 13.5. The van der Waals surface area contributed by atoms with Crippen molar-refractivity contribution in [1.29, 1.82) is 0 Å². The monoisotopic (exact) mass is 379 g/mol. The predicted octanol–water partition coefficient (Wildman–Crippen LogP) is 4.37. The number of Topliss-reactive ketones (excluding diaryl/α,β-unsaturated/α-hetero) is 1. The number of ether oxygens (including phenoxy) is 2. The van der Waals surface area contributed by atoms with Gasteiger partial charge in [-0.05, 0) is 48.5 Å². The molecule has 6 heteroatoms. The Balaban J connectivity index is 1.44. The van der Waals surface area contributed by atoms with Gasteiger partial charge in [0.05, 0.1) is 5.56 Å². The second kappa shape index (κ2) is 9.32. The summed E-state index contributed by atoms with van der Waals surface area (Å²) < 4.78 is 23.7. The molecule has 0 saturated heterocycles. The molecule has 0 saturated carbocycles. The van der Waals surface area contributed by atoms with Crippen LogP contribution in [0.15, 0.2) is 78.9 Å². The van der Waals surface area contributed by atoms with E-state index < -0.39 is 24.2 Å². The summed E-state index contributed by atoms with van der Waals surface area (Å²) >= 11 is 0. The summed E-state index contributed by atoms with van der Waals surface area (Å²) in [4.78, 5) is 23.6. The Hall–Kier alpha value is -3.67. The standard InChI is InChI=1S/C22H18FNO4/c23-20-9-5-4-8-19(20)21(25)14-28-22(26)15-27-18-12-10-17(11-13-18)24-16-6-2-1-3-7-16/h1-13,24H,14-15H2. The fourth-order valence-corrected chi connectivity index (χ4v) is 2.42. The van der Waals surface area contributed by atoms with Crippen molar-refractivity contribution in [1.82, 2.24) is 0 Å². The third-order valence-corrected chi connectivity index (χ3v) is 3.81. The molecule has 142 valence electrons. The van der Waals surface area contributed by atoms with Gasteiger partial charge in [0, 0.05) is 11.4 Å². The smallest absolute Gasteiger partial charge is 0.344 e. The lowest BCUT2D eigenvalue weighted by atomic mass is 10.1. The molecular formula is C22H18FNO4. The van der Waals surface area contributed by atoms with Crippen LogP contribution < -0.4 is 10.1 Å². The molecule has 0 aromatic heterocycles. The topological polar surface area (TPSA) is 64.6 Å². The van der Waals surface area contributed by atoms with Crippen LogP contribution in [-0.2, 0) is 9.53 Å². The van der Waals surface area contributed by atoms with E-state index in [9.17, 15) is 14.0 Å². The zero-order chi connectivity index (χ0) is 19.8. The minimum Gasteiger partial charge on any atom is -0.482 e. The molecule has 0 fully saturated rings. The van der Waals surface area contributed by atoms with Gasteiger partial charge in [-0.3, -0.25) is 4.79 Å². The van der Waals surface area contributed by atoms with E-state index >= 15 is 0 Å². The van der Waals surface area contributed by atoms with Gasteiger partial charge in [-0.1, -0.05) is 30.3 Å². The number of ketones is 1. The lowest BCUT2D eigenvalue weighted by molar-refractivity contribution is -0.144. The Bertz CT molecular complexity index is 942. The van der Waals surface area contributed by atoms with Gasteiger partial charge in [-0.15, -0.1) is 0 Å². The molecule has 0 aliphatic rings. The molecule has 3 rings (SSSR count). The van der Waals surface area contributed by atoms with E-state index in [4.69, 9.17) is 9.47 Å². The number of carbonyl (C=O) groups is 2. The molecule has 0 amide bonds. The van der Waals surface area contributed by atoms with E-state index in [1.807, 2.05) is 42.5 Å². The molecule has 0 bridgehead atoms. The first-order valence-electron chi connectivity index (χ1n) is 8.60. The molecule has 0 spiro atoms. The maximum absolute atomic E-state index is 13.5. The molecule has 0 heterocycles. The number of para-hydroxylation sites is 1. The van der Waals surface area contributed by atoms with Gasteiger partial charge in [-0.2, -0.15) is 0 Å². The zero-order valence-electron chi connectivity index (χ0n) is 14.9. The Labute approximate surface area is 161 Å². The van der Waals surface area contributed by atoms with Crippen LogP contribution in [0.3, 0.4) is 0 Å². The molecule has 1 N–H and O–H groups in total. The Kier molecular flexibility index (Phi) is 6.36. The molecule has 5 nitrogen and oxygen atoms in total. The van der Waals surface area contributed by atoms with Crippen molar-refractivity contribution in [3.63, 3.8) is 0 Å². The highest BCUT2D eigenvalue weighted by atomic mass is 19.1. The van der Waals surface area contributed by atoms with Crippen LogP contribution in [0.25, 0.3) is 0 Å². The van der Waals surface area contributed by atoms with Gasteiger partial charge < -0.3 is 14.8 Å². The molecule has 0 unspecified atom stereocenters. The summed E-state index contributed by atoms with van der Waals surface area (Å²) in [6.07, 6.45) is 0. The van der Waals surface area contributed by atoms with E-state index in [1.165, 1.54) is 24.3 Å². The second-order valence-corrected chi connectivity index (χ2v) is 5.87. The van der Waals surface area contributed by atoms with Gasteiger partial charge in [0.25, 0.3) is 0 Å². The van der Waals surface area contributed by atoms with Crippen LogP contribution in [0.5, 0.6) is 5.75 Å². The van der Waals surface area contributed by atoms with E-state index in [2.05, 4.69) is 5.32 Å². The number of nitrogens with one attached hydrogen (secondary N) is 1. The number of hydrogen-bond donors (Lipinski definition) is 1. The molecule has 0 aliphatic carbocycles. The van der Waals surface area contributed by atoms with Crippen LogP contribution in [-0.4, -0.2) is 25.0 Å². The first-order valence-corrected chi connectivity index (χ1v) is 8.60. The van der Waals surface area contributed by atoms with Crippen molar-refractivity contribution in [2.24, 2.45) is 0 Å². The van der Waals surface area contributed by atoms with Crippen LogP contribution in [0.1, 0.15) is 10.4 Å².